The van der Waals surface area contributed by atoms with Gasteiger partial charge in [-0.25, -0.2) is 4.79 Å². The Morgan fingerprint density at radius 3 is 2.94 bits per heavy atom. The van der Waals surface area contributed by atoms with E-state index in [1.165, 1.54) is 12.7 Å². The highest BCUT2D eigenvalue weighted by molar-refractivity contribution is 5.89. The molecule has 0 spiro atoms. The molecule has 84 valence electrons. The Morgan fingerprint density at radius 1 is 1.50 bits per heavy atom. The first kappa shape index (κ1) is 10.8. The van der Waals surface area contributed by atoms with Crippen LogP contribution >= 0.6 is 0 Å². The summed E-state index contributed by atoms with van der Waals surface area (Å²) >= 11 is 0. The zero-order valence-corrected chi connectivity index (χ0v) is 9.19. The van der Waals surface area contributed by atoms with Crippen LogP contribution in [0, 0.1) is 0 Å². The molecule has 0 aliphatic carbocycles. The van der Waals surface area contributed by atoms with E-state index >= 15 is 0 Å². The van der Waals surface area contributed by atoms with E-state index in [2.05, 4.69) is 21.1 Å². The fraction of sp³-hybridized carbons (Fsp3) is 0.333. The van der Waals surface area contributed by atoms with Crippen LogP contribution in [0.25, 0.3) is 5.57 Å². The monoisotopic (exact) mass is 218 g/mol. The van der Waals surface area contributed by atoms with Gasteiger partial charge in [-0.1, -0.05) is 6.08 Å². The minimum absolute atomic E-state index is 0.349. The lowest BCUT2D eigenvalue weighted by atomic mass is 10.0. The second-order valence-corrected chi connectivity index (χ2v) is 3.61. The highest BCUT2D eigenvalue weighted by atomic mass is 16.5. The van der Waals surface area contributed by atoms with Crippen LogP contribution in [0.2, 0.25) is 0 Å². The van der Waals surface area contributed by atoms with Gasteiger partial charge in [-0.05, 0) is 30.7 Å². The van der Waals surface area contributed by atoms with E-state index in [1.807, 2.05) is 6.07 Å². The molecule has 0 atom stereocenters. The van der Waals surface area contributed by atoms with Crippen LogP contribution in [-0.4, -0.2) is 31.2 Å². The van der Waals surface area contributed by atoms with E-state index in [0.717, 1.165) is 25.2 Å². The van der Waals surface area contributed by atoms with Gasteiger partial charge in [0.15, 0.2) is 0 Å². The quantitative estimate of drug-likeness (QED) is 0.759. The Balaban J connectivity index is 2.18. The summed E-state index contributed by atoms with van der Waals surface area (Å²) in [6.07, 6.45) is 4.66. The Bertz CT molecular complexity index is 410. The SMILES string of the molecule is COC(=O)c1ccc(C2=CCNCC2)nc1. The molecule has 0 amide bonds. The van der Waals surface area contributed by atoms with Gasteiger partial charge in [-0.15, -0.1) is 0 Å². The third-order valence-electron chi connectivity index (χ3n) is 2.58. The van der Waals surface area contributed by atoms with Crippen molar-refractivity contribution in [2.75, 3.05) is 20.2 Å². The summed E-state index contributed by atoms with van der Waals surface area (Å²) in [5.74, 6) is -0.349. The summed E-state index contributed by atoms with van der Waals surface area (Å²) in [6.45, 7) is 1.86. The molecule has 0 aromatic carbocycles. The van der Waals surface area contributed by atoms with E-state index in [9.17, 15) is 4.79 Å². The average molecular weight is 218 g/mol. The molecule has 1 aromatic heterocycles. The second kappa shape index (κ2) is 4.90. The van der Waals surface area contributed by atoms with Gasteiger partial charge in [0.25, 0.3) is 0 Å². The molecule has 16 heavy (non-hydrogen) atoms. The number of nitrogens with one attached hydrogen (secondary N) is 1. The van der Waals surface area contributed by atoms with E-state index in [-0.39, 0.29) is 5.97 Å². The van der Waals surface area contributed by atoms with E-state index in [4.69, 9.17) is 0 Å². The van der Waals surface area contributed by atoms with Gasteiger partial charge in [-0.3, -0.25) is 4.98 Å². The molecule has 0 bridgehead atoms. The fourth-order valence-electron chi connectivity index (χ4n) is 1.68. The van der Waals surface area contributed by atoms with Crippen LogP contribution < -0.4 is 5.32 Å². The molecule has 0 saturated heterocycles. The van der Waals surface area contributed by atoms with Crippen molar-refractivity contribution in [3.8, 4) is 0 Å². The number of methoxy groups -OCH3 is 1. The fourth-order valence-corrected chi connectivity index (χ4v) is 1.68. The van der Waals surface area contributed by atoms with Gasteiger partial charge in [0.05, 0.1) is 18.4 Å². The van der Waals surface area contributed by atoms with Crippen molar-refractivity contribution in [2.24, 2.45) is 0 Å². The van der Waals surface area contributed by atoms with Gasteiger partial charge in [-0.2, -0.15) is 0 Å². The van der Waals surface area contributed by atoms with Gasteiger partial charge in [0, 0.05) is 12.7 Å². The van der Waals surface area contributed by atoms with Gasteiger partial charge in [0.1, 0.15) is 0 Å². The van der Waals surface area contributed by atoms with Crippen LogP contribution in [0.5, 0.6) is 0 Å². The maximum atomic E-state index is 11.2. The molecule has 2 heterocycles. The zero-order valence-electron chi connectivity index (χ0n) is 9.19. The molecule has 4 nitrogen and oxygen atoms in total. The van der Waals surface area contributed by atoms with Crippen molar-refractivity contribution in [3.63, 3.8) is 0 Å². The van der Waals surface area contributed by atoms with Gasteiger partial charge >= 0.3 is 5.97 Å². The van der Waals surface area contributed by atoms with Crippen molar-refractivity contribution in [3.05, 3.63) is 35.7 Å². The topological polar surface area (TPSA) is 51.2 Å². The highest BCUT2D eigenvalue weighted by Gasteiger charge is 2.09. The number of carbonyl (C=O) groups is 1. The molecular weight excluding hydrogens is 204 g/mol. The van der Waals surface area contributed by atoms with Crippen molar-refractivity contribution in [1.82, 2.24) is 10.3 Å². The molecule has 0 saturated carbocycles. The number of aromatic nitrogens is 1. The summed E-state index contributed by atoms with van der Waals surface area (Å²) in [7, 11) is 1.37. The van der Waals surface area contributed by atoms with Crippen LogP contribution in [0.4, 0.5) is 0 Å². The first-order valence-corrected chi connectivity index (χ1v) is 5.26. The lowest BCUT2D eigenvalue weighted by molar-refractivity contribution is 0.0600. The molecule has 4 heteroatoms. The van der Waals surface area contributed by atoms with Crippen LogP contribution in [0.1, 0.15) is 22.5 Å². The highest BCUT2D eigenvalue weighted by Crippen LogP contribution is 2.17. The minimum atomic E-state index is -0.349. The van der Waals surface area contributed by atoms with Crippen molar-refractivity contribution < 1.29 is 9.53 Å². The summed E-state index contributed by atoms with van der Waals surface area (Å²) in [5.41, 5.74) is 2.66. The maximum absolute atomic E-state index is 11.2. The molecule has 1 aliphatic rings. The predicted molar refractivity (Wildman–Crippen MR) is 61.0 cm³/mol. The smallest absolute Gasteiger partial charge is 0.339 e. The Kier molecular flexibility index (Phi) is 3.31. The normalized spacial score (nSPS) is 15.4. The molecule has 0 radical (unpaired) electrons. The lowest BCUT2D eigenvalue weighted by Gasteiger charge is -2.13. The van der Waals surface area contributed by atoms with Crippen molar-refractivity contribution in [1.29, 1.82) is 0 Å². The van der Waals surface area contributed by atoms with E-state index in [0.29, 0.717) is 5.56 Å². The summed E-state index contributed by atoms with van der Waals surface area (Å²) < 4.78 is 4.62. The number of hydrogen-bond acceptors (Lipinski definition) is 4. The molecular formula is C12H14N2O2. The summed E-state index contributed by atoms with van der Waals surface area (Å²) in [6, 6.07) is 3.61. The third-order valence-corrected chi connectivity index (χ3v) is 2.58. The molecule has 0 fully saturated rings. The minimum Gasteiger partial charge on any atom is -0.465 e. The number of ether oxygens (including phenoxy) is 1. The standard InChI is InChI=1S/C12H14N2O2/c1-16-12(15)10-2-3-11(14-8-10)9-4-6-13-7-5-9/h2-4,8,13H,5-7H2,1H3. The van der Waals surface area contributed by atoms with Crippen molar-refractivity contribution >= 4 is 11.5 Å². The lowest BCUT2D eigenvalue weighted by Crippen LogP contribution is -2.20. The molecule has 1 aliphatic heterocycles. The molecule has 1 aromatic rings. The number of pyridine rings is 1. The predicted octanol–water partition coefficient (Wildman–Crippen LogP) is 1.24. The van der Waals surface area contributed by atoms with Crippen molar-refractivity contribution in [2.45, 2.75) is 6.42 Å². The number of nitrogens with zero attached hydrogens (tertiary/aromatic N) is 1. The largest absolute Gasteiger partial charge is 0.465 e. The average Bonchev–Trinajstić information content (AvgIpc) is 2.39. The summed E-state index contributed by atoms with van der Waals surface area (Å²) in [5, 5.41) is 3.24. The number of hydrogen-bond donors (Lipinski definition) is 1. The van der Waals surface area contributed by atoms with Crippen LogP contribution in [-0.2, 0) is 4.74 Å². The Labute approximate surface area is 94.3 Å². The Morgan fingerprint density at radius 2 is 2.38 bits per heavy atom. The zero-order chi connectivity index (χ0) is 11.4. The summed E-state index contributed by atoms with van der Waals surface area (Å²) in [4.78, 5) is 15.5. The number of rotatable bonds is 2. The van der Waals surface area contributed by atoms with Crippen LogP contribution in [0.3, 0.4) is 0 Å². The molecule has 1 N–H and O–H groups in total. The van der Waals surface area contributed by atoms with Crippen LogP contribution in [0.15, 0.2) is 24.4 Å². The first-order valence-electron chi connectivity index (χ1n) is 5.26. The maximum Gasteiger partial charge on any atom is 0.339 e. The van der Waals surface area contributed by atoms with Gasteiger partial charge in [0.2, 0.25) is 0 Å². The number of esters is 1. The molecule has 2 rings (SSSR count). The Hall–Kier alpha value is -1.68. The second-order valence-electron chi connectivity index (χ2n) is 3.61. The van der Waals surface area contributed by atoms with E-state index < -0.39 is 0 Å². The molecule has 0 unspecified atom stereocenters. The van der Waals surface area contributed by atoms with E-state index in [1.54, 1.807) is 12.3 Å². The first-order chi connectivity index (χ1) is 7.81. The third kappa shape index (κ3) is 2.28. The van der Waals surface area contributed by atoms with Gasteiger partial charge < -0.3 is 10.1 Å². The number of carbonyl (C=O) groups excluding carboxylic acids is 1.